The van der Waals surface area contributed by atoms with Crippen molar-refractivity contribution in [3.63, 3.8) is 0 Å². The Kier molecular flexibility index (Phi) is 5.22. The molecule has 4 N–H and O–H groups in total. The first kappa shape index (κ1) is 16.4. The molecule has 1 rings (SSSR count). The van der Waals surface area contributed by atoms with Crippen LogP contribution < -0.4 is 11.1 Å². The predicted molar refractivity (Wildman–Crippen MR) is 67.7 cm³/mol. The molecular formula is C11H16N4O6. The summed E-state index contributed by atoms with van der Waals surface area (Å²) in [5.74, 6) is -3.37. The van der Waals surface area contributed by atoms with Crippen molar-refractivity contribution in [1.82, 2.24) is 15.1 Å². The van der Waals surface area contributed by atoms with Crippen molar-refractivity contribution in [2.45, 2.75) is 18.9 Å². The highest BCUT2D eigenvalue weighted by Crippen LogP contribution is 2.07. The molecule has 1 aliphatic heterocycles. The number of carboxylic acids is 1. The quantitative estimate of drug-likeness (QED) is 0.450. The Morgan fingerprint density at radius 2 is 2.00 bits per heavy atom. The minimum Gasteiger partial charge on any atom is -0.480 e. The van der Waals surface area contributed by atoms with Crippen LogP contribution in [0.4, 0.5) is 4.79 Å². The van der Waals surface area contributed by atoms with E-state index in [4.69, 9.17) is 10.8 Å². The molecule has 1 aliphatic rings. The summed E-state index contributed by atoms with van der Waals surface area (Å²) in [6.45, 7) is -0.696. The molecule has 0 aromatic carbocycles. The highest BCUT2D eigenvalue weighted by molar-refractivity contribution is 6.04. The van der Waals surface area contributed by atoms with E-state index in [0.29, 0.717) is 0 Å². The van der Waals surface area contributed by atoms with E-state index in [-0.39, 0.29) is 19.4 Å². The summed E-state index contributed by atoms with van der Waals surface area (Å²) in [5.41, 5.74) is 4.91. The average molecular weight is 300 g/mol. The summed E-state index contributed by atoms with van der Waals surface area (Å²) in [4.78, 5) is 58.2. The highest BCUT2D eigenvalue weighted by Gasteiger charge is 2.35. The maximum atomic E-state index is 11.7. The van der Waals surface area contributed by atoms with E-state index < -0.39 is 42.3 Å². The predicted octanol–water partition coefficient (Wildman–Crippen LogP) is -2.28. The van der Waals surface area contributed by atoms with Crippen molar-refractivity contribution in [2.75, 3.05) is 20.1 Å². The molecular weight excluding hydrogens is 284 g/mol. The number of primary amides is 1. The van der Waals surface area contributed by atoms with Gasteiger partial charge in [0, 0.05) is 13.5 Å². The molecule has 21 heavy (non-hydrogen) atoms. The van der Waals surface area contributed by atoms with E-state index in [9.17, 15) is 24.0 Å². The van der Waals surface area contributed by atoms with Crippen molar-refractivity contribution in [3.05, 3.63) is 0 Å². The number of nitrogens with zero attached hydrogens (tertiary/aromatic N) is 2. The van der Waals surface area contributed by atoms with Gasteiger partial charge in [0.1, 0.15) is 19.1 Å². The van der Waals surface area contributed by atoms with E-state index in [2.05, 4.69) is 5.32 Å². The molecule has 0 spiro atoms. The Balaban J connectivity index is 2.58. The average Bonchev–Trinajstić information content (AvgIpc) is 2.60. The first-order valence-electron chi connectivity index (χ1n) is 6.08. The van der Waals surface area contributed by atoms with Gasteiger partial charge in [-0.2, -0.15) is 0 Å². The standard InChI is InChI=1S/C11H16N4O6/c1-14-5-9(18)15(11(14)21)4-8(17)13-6(10(19)20)2-3-7(12)16/h6H,2-5H2,1H3,(H2,12,16)(H,13,17)(H,19,20). The summed E-state index contributed by atoms with van der Waals surface area (Å²) in [5, 5.41) is 11.1. The first-order chi connectivity index (χ1) is 9.72. The highest BCUT2D eigenvalue weighted by atomic mass is 16.4. The van der Waals surface area contributed by atoms with Gasteiger partial charge in [-0.1, -0.05) is 0 Å². The second-order valence-electron chi connectivity index (χ2n) is 4.58. The van der Waals surface area contributed by atoms with Crippen LogP contribution in [-0.4, -0.2) is 70.8 Å². The topological polar surface area (TPSA) is 150 Å². The van der Waals surface area contributed by atoms with Crippen molar-refractivity contribution in [3.8, 4) is 0 Å². The molecule has 1 heterocycles. The molecule has 0 aliphatic carbocycles. The van der Waals surface area contributed by atoms with Gasteiger partial charge in [0.25, 0.3) is 5.91 Å². The minimum atomic E-state index is -1.33. The Bertz CT molecular complexity index is 491. The summed E-state index contributed by atoms with van der Waals surface area (Å²) in [6, 6.07) is -1.94. The molecule has 0 aromatic heterocycles. The Morgan fingerprint density at radius 1 is 1.38 bits per heavy atom. The van der Waals surface area contributed by atoms with E-state index in [0.717, 1.165) is 9.80 Å². The van der Waals surface area contributed by atoms with Crippen molar-refractivity contribution in [1.29, 1.82) is 0 Å². The molecule has 10 nitrogen and oxygen atoms in total. The number of carboxylic acid groups (broad SMARTS) is 1. The SMILES string of the molecule is CN1CC(=O)N(CC(=O)NC(CCC(N)=O)C(=O)O)C1=O. The maximum absolute atomic E-state index is 11.7. The first-order valence-corrected chi connectivity index (χ1v) is 6.08. The number of aliphatic carboxylic acids is 1. The van der Waals surface area contributed by atoms with Gasteiger partial charge in [0.05, 0.1) is 0 Å². The zero-order chi connectivity index (χ0) is 16.2. The Hall–Kier alpha value is -2.65. The zero-order valence-electron chi connectivity index (χ0n) is 11.4. The van der Waals surface area contributed by atoms with E-state index in [1.807, 2.05) is 0 Å². The fraction of sp³-hybridized carbons (Fsp3) is 0.545. The van der Waals surface area contributed by atoms with Crippen LogP contribution in [0.3, 0.4) is 0 Å². The van der Waals surface area contributed by atoms with E-state index >= 15 is 0 Å². The van der Waals surface area contributed by atoms with Crippen molar-refractivity contribution in [2.24, 2.45) is 5.73 Å². The van der Waals surface area contributed by atoms with Crippen LogP contribution in [-0.2, 0) is 19.2 Å². The Labute approximate surface area is 119 Å². The van der Waals surface area contributed by atoms with Crippen molar-refractivity contribution < 1.29 is 29.1 Å². The number of likely N-dealkylation sites (N-methyl/N-ethyl adjacent to an activating group) is 1. The number of rotatable bonds is 7. The largest absolute Gasteiger partial charge is 0.480 e. The molecule has 0 aromatic rings. The number of nitrogens with one attached hydrogen (secondary N) is 1. The number of hydrogen-bond donors (Lipinski definition) is 3. The lowest BCUT2D eigenvalue weighted by Crippen LogP contribution is -2.47. The van der Waals surface area contributed by atoms with Gasteiger partial charge in [-0.25, -0.2) is 9.59 Å². The number of nitrogens with two attached hydrogens (primary N) is 1. The maximum Gasteiger partial charge on any atom is 0.327 e. The molecule has 1 unspecified atom stereocenters. The van der Waals surface area contributed by atoms with Crippen molar-refractivity contribution >= 4 is 29.7 Å². The molecule has 5 amide bonds. The van der Waals surface area contributed by atoms with E-state index in [1.54, 1.807) is 0 Å². The third-order valence-electron chi connectivity index (χ3n) is 2.85. The van der Waals surface area contributed by atoms with Gasteiger partial charge in [-0.15, -0.1) is 0 Å². The van der Waals surface area contributed by atoms with Crippen LogP contribution in [0.25, 0.3) is 0 Å². The lowest BCUT2D eigenvalue weighted by Gasteiger charge is -2.17. The number of imide groups is 1. The number of amides is 5. The second-order valence-corrected chi connectivity index (χ2v) is 4.58. The molecule has 1 saturated heterocycles. The molecule has 10 heteroatoms. The smallest absolute Gasteiger partial charge is 0.327 e. The number of hydrogen-bond acceptors (Lipinski definition) is 5. The molecule has 116 valence electrons. The van der Waals surface area contributed by atoms with Crippen LogP contribution in [0.15, 0.2) is 0 Å². The minimum absolute atomic E-state index is 0.129. The van der Waals surface area contributed by atoms with Gasteiger partial charge in [-0.3, -0.25) is 19.3 Å². The fourth-order valence-electron chi connectivity index (χ4n) is 1.75. The van der Waals surface area contributed by atoms with Crippen LogP contribution in [0.5, 0.6) is 0 Å². The molecule has 1 atom stereocenters. The molecule has 1 fully saturated rings. The lowest BCUT2D eigenvalue weighted by atomic mass is 10.1. The van der Waals surface area contributed by atoms with Gasteiger partial charge < -0.3 is 21.1 Å². The molecule has 0 saturated carbocycles. The molecule has 0 radical (unpaired) electrons. The molecule has 0 bridgehead atoms. The zero-order valence-corrected chi connectivity index (χ0v) is 11.4. The van der Waals surface area contributed by atoms with Crippen LogP contribution in [0.2, 0.25) is 0 Å². The summed E-state index contributed by atoms with van der Waals surface area (Å²) in [7, 11) is 1.41. The summed E-state index contributed by atoms with van der Waals surface area (Å²) < 4.78 is 0. The van der Waals surface area contributed by atoms with Gasteiger partial charge in [-0.05, 0) is 6.42 Å². The van der Waals surface area contributed by atoms with Crippen LogP contribution in [0, 0.1) is 0 Å². The summed E-state index contributed by atoms with van der Waals surface area (Å²) >= 11 is 0. The number of urea groups is 1. The van der Waals surface area contributed by atoms with Crippen LogP contribution in [0.1, 0.15) is 12.8 Å². The summed E-state index contributed by atoms with van der Waals surface area (Å²) in [6.07, 6.45) is -0.375. The fourth-order valence-corrected chi connectivity index (χ4v) is 1.75. The third kappa shape index (κ3) is 4.44. The van der Waals surface area contributed by atoms with Crippen LogP contribution >= 0.6 is 0 Å². The second kappa shape index (κ2) is 6.68. The number of carbonyl (C=O) groups excluding carboxylic acids is 4. The normalized spacial score (nSPS) is 16.0. The van der Waals surface area contributed by atoms with Gasteiger partial charge in [0.2, 0.25) is 11.8 Å². The third-order valence-corrected chi connectivity index (χ3v) is 2.85. The van der Waals surface area contributed by atoms with Gasteiger partial charge >= 0.3 is 12.0 Å². The monoisotopic (exact) mass is 300 g/mol. The Morgan fingerprint density at radius 3 is 2.43 bits per heavy atom. The van der Waals surface area contributed by atoms with Gasteiger partial charge in [0.15, 0.2) is 0 Å². The number of carbonyl (C=O) groups is 5. The van der Waals surface area contributed by atoms with E-state index in [1.165, 1.54) is 7.05 Å². The lowest BCUT2D eigenvalue weighted by molar-refractivity contribution is -0.142.